The number of benzene rings is 2. The number of para-hydroxylation sites is 1. The van der Waals surface area contributed by atoms with Crippen molar-refractivity contribution in [1.82, 2.24) is 0 Å². The molecule has 2 aromatic rings. The Balaban J connectivity index is 2.50. The summed E-state index contributed by atoms with van der Waals surface area (Å²) in [7, 11) is 0. The van der Waals surface area contributed by atoms with Gasteiger partial charge in [0.05, 0.1) is 0 Å². The number of nitrogens with one attached hydrogen (secondary N) is 1. The molecule has 0 aromatic heterocycles. The molecule has 0 spiro atoms. The van der Waals surface area contributed by atoms with Crippen LogP contribution in [0.5, 0.6) is 0 Å². The molecule has 3 rings (SSSR count). The zero-order chi connectivity index (χ0) is 11.8. The van der Waals surface area contributed by atoms with Gasteiger partial charge in [-0.2, -0.15) is 0 Å². The third kappa shape index (κ3) is 1.40. The van der Waals surface area contributed by atoms with Crippen molar-refractivity contribution >= 4 is 18.0 Å². The van der Waals surface area contributed by atoms with Crippen molar-refractivity contribution < 1.29 is 0 Å². The molecule has 0 radical (unpaired) electrons. The maximum atomic E-state index is 4.10. The van der Waals surface area contributed by atoms with Gasteiger partial charge in [-0.25, -0.2) is 0 Å². The quantitative estimate of drug-likeness (QED) is 0.777. The molecule has 0 amide bonds. The highest BCUT2D eigenvalue weighted by atomic mass is 14.9. The van der Waals surface area contributed by atoms with E-state index in [0.717, 1.165) is 21.8 Å². The van der Waals surface area contributed by atoms with Gasteiger partial charge in [0.15, 0.2) is 0 Å². The van der Waals surface area contributed by atoms with Crippen LogP contribution in [0.1, 0.15) is 0 Å². The van der Waals surface area contributed by atoms with Crippen molar-refractivity contribution in [2.75, 3.05) is 5.32 Å². The van der Waals surface area contributed by atoms with Gasteiger partial charge in [0.2, 0.25) is 0 Å². The van der Waals surface area contributed by atoms with Crippen LogP contribution in [0, 0.1) is 0 Å². The van der Waals surface area contributed by atoms with Crippen LogP contribution in [-0.2, 0) is 0 Å². The van der Waals surface area contributed by atoms with Crippen LogP contribution in [-0.4, -0.2) is 0 Å². The summed E-state index contributed by atoms with van der Waals surface area (Å²) in [5.41, 5.74) is 4.60. The van der Waals surface area contributed by atoms with Crippen LogP contribution in [0.15, 0.2) is 55.1 Å². The summed E-state index contributed by atoms with van der Waals surface area (Å²) in [6.07, 6.45) is 1.85. The molecule has 1 nitrogen and oxygen atoms in total. The largest absolute Gasteiger partial charge is 0.355 e. The first-order chi connectivity index (χ1) is 8.31. The van der Waals surface area contributed by atoms with Gasteiger partial charge in [0.25, 0.3) is 0 Å². The van der Waals surface area contributed by atoms with Crippen LogP contribution >= 0.6 is 0 Å². The zero-order valence-corrected chi connectivity index (χ0v) is 9.53. The van der Waals surface area contributed by atoms with E-state index in [2.05, 4.69) is 42.7 Å². The lowest BCUT2D eigenvalue weighted by Gasteiger charge is -2.20. The minimum absolute atomic E-state index is 1.03. The van der Waals surface area contributed by atoms with Crippen LogP contribution in [0.2, 0.25) is 0 Å². The van der Waals surface area contributed by atoms with Gasteiger partial charge in [-0.15, -0.1) is 0 Å². The van der Waals surface area contributed by atoms with E-state index >= 15 is 0 Å². The summed E-state index contributed by atoms with van der Waals surface area (Å²) in [6, 6.07) is 14.5. The fourth-order valence-electron chi connectivity index (χ4n) is 2.33. The van der Waals surface area contributed by atoms with Crippen LogP contribution in [0.4, 0.5) is 5.69 Å². The van der Waals surface area contributed by atoms with E-state index in [9.17, 15) is 0 Å². The molecule has 0 saturated heterocycles. The first-order valence-corrected chi connectivity index (χ1v) is 5.62. The highest BCUT2D eigenvalue weighted by molar-refractivity contribution is 5.90. The predicted molar refractivity (Wildman–Crippen MR) is 73.9 cm³/mol. The Morgan fingerprint density at radius 1 is 0.941 bits per heavy atom. The maximum Gasteiger partial charge on any atom is 0.0464 e. The van der Waals surface area contributed by atoms with Crippen molar-refractivity contribution in [3.8, 4) is 11.1 Å². The van der Waals surface area contributed by atoms with Gasteiger partial charge < -0.3 is 5.32 Å². The van der Waals surface area contributed by atoms with Gasteiger partial charge in [0, 0.05) is 22.2 Å². The summed E-state index contributed by atoms with van der Waals surface area (Å²) in [5, 5.41) is 5.58. The number of anilines is 1. The lowest BCUT2D eigenvalue weighted by atomic mass is 9.96. The molecule has 1 N–H and O–H groups in total. The Morgan fingerprint density at radius 2 is 1.71 bits per heavy atom. The van der Waals surface area contributed by atoms with Crippen molar-refractivity contribution in [3.63, 3.8) is 0 Å². The highest BCUT2D eigenvalue weighted by Crippen LogP contribution is 2.29. The number of rotatable bonds is 1. The van der Waals surface area contributed by atoms with E-state index in [1.54, 1.807) is 0 Å². The molecule has 1 aliphatic heterocycles. The predicted octanol–water partition coefficient (Wildman–Crippen LogP) is 2.48. The molecule has 1 aliphatic rings. The number of hydrogen-bond acceptors (Lipinski definition) is 1. The average Bonchev–Trinajstić information content (AvgIpc) is 2.38. The molecule has 0 saturated carbocycles. The highest BCUT2D eigenvalue weighted by Gasteiger charge is 2.13. The third-order valence-electron chi connectivity index (χ3n) is 3.11. The van der Waals surface area contributed by atoms with E-state index < -0.39 is 0 Å². The first-order valence-electron chi connectivity index (χ1n) is 5.62. The Labute approximate surface area is 100 Å². The topological polar surface area (TPSA) is 12.0 Å². The van der Waals surface area contributed by atoms with Crippen LogP contribution in [0.25, 0.3) is 23.4 Å². The Morgan fingerprint density at radius 3 is 2.53 bits per heavy atom. The first kappa shape index (κ1) is 9.91. The van der Waals surface area contributed by atoms with Gasteiger partial charge >= 0.3 is 0 Å². The normalized spacial score (nSPS) is 12.4. The zero-order valence-electron chi connectivity index (χ0n) is 9.53. The summed E-state index contributed by atoms with van der Waals surface area (Å²) in [4.78, 5) is 0. The molecule has 2 aromatic carbocycles. The molecule has 0 fully saturated rings. The van der Waals surface area contributed by atoms with Crippen molar-refractivity contribution in [2.45, 2.75) is 0 Å². The van der Waals surface area contributed by atoms with E-state index in [-0.39, 0.29) is 0 Å². The lowest BCUT2D eigenvalue weighted by Crippen LogP contribution is -2.32. The Hall–Kier alpha value is -2.28. The summed E-state index contributed by atoms with van der Waals surface area (Å²) < 4.78 is 0. The average molecular weight is 219 g/mol. The number of fused-ring (bicyclic) bond motifs is 3. The molecule has 0 aliphatic carbocycles. The molecular weight excluding hydrogens is 206 g/mol. The van der Waals surface area contributed by atoms with Crippen LogP contribution < -0.4 is 15.8 Å². The van der Waals surface area contributed by atoms with E-state index in [1.165, 1.54) is 11.1 Å². The summed E-state index contributed by atoms with van der Waals surface area (Å²) in [6.45, 7) is 7.97. The Kier molecular flexibility index (Phi) is 2.12. The molecule has 0 bridgehead atoms. The standard InChI is InChI=1S/C16H13N/c1-3-14-16-11(2)7-6-9-13(16)12-8-4-5-10-15(12)17-14/h3-10,17H,1-2H2. The van der Waals surface area contributed by atoms with Crippen molar-refractivity contribution in [1.29, 1.82) is 0 Å². The van der Waals surface area contributed by atoms with E-state index in [1.807, 2.05) is 24.3 Å². The molecule has 17 heavy (non-hydrogen) atoms. The van der Waals surface area contributed by atoms with Crippen molar-refractivity contribution in [3.05, 3.63) is 65.6 Å². The number of hydrogen-bond donors (Lipinski definition) is 1. The molecule has 0 atom stereocenters. The lowest BCUT2D eigenvalue weighted by molar-refractivity contribution is 1.42. The molecular formula is C16H13N. The smallest absolute Gasteiger partial charge is 0.0464 e. The summed E-state index contributed by atoms with van der Waals surface area (Å²) in [5.74, 6) is 0. The third-order valence-corrected chi connectivity index (χ3v) is 3.11. The fourth-order valence-corrected chi connectivity index (χ4v) is 2.33. The maximum absolute atomic E-state index is 4.10. The summed E-state index contributed by atoms with van der Waals surface area (Å²) >= 11 is 0. The second-order valence-corrected chi connectivity index (χ2v) is 4.13. The second-order valence-electron chi connectivity index (χ2n) is 4.13. The van der Waals surface area contributed by atoms with Gasteiger partial charge in [0.1, 0.15) is 0 Å². The van der Waals surface area contributed by atoms with E-state index in [4.69, 9.17) is 0 Å². The monoisotopic (exact) mass is 219 g/mol. The Bertz CT molecular complexity index is 711. The van der Waals surface area contributed by atoms with E-state index in [0.29, 0.717) is 0 Å². The SMILES string of the molecule is C=CC1=c2c(cccc2=C)-c2ccccc2N1. The van der Waals surface area contributed by atoms with Gasteiger partial charge in [-0.3, -0.25) is 0 Å². The molecule has 82 valence electrons. The molecule has 0 unspecified atom stereocenters. The van der Waals surface area contributed by atoms with Crippen LogP contribution in [0.3, 0.4) is 0 Å². The second kappa shape index (κ2) is 3.63. The van der Waals surface area contributed by atoms with Gasteiger partial charge in [-0.1, -0.05) is 49.6 Å². The minimum Gasteiger partial charge on any atom is -0.355 e. The van der Waals surface area contributed by atoms with Gasteiger partial charge in [-0.05, 0) is 22.9 Å². The fraction of sp³-hybridized carbons (Fsp3) is 0. The molecule has 1 heterocycles. The molecule has 1 heteroatoms. The minimum atomic E-state index is 1.03. The van der Waals surface area contributed by atoms with Crippen molar-refractivity contribution in [2.24, 2.45) is 0 Å².